The summed E-state index contributed by atoms with van der Waals surface area (Å²) in [6.45, 7) is 10.3. The van der Waals surface area contributed by atoms with Crippen LogP contribution in [-0.4, -0.2) is 78.6 Å². The molecule has 0 aromatic rings. The van der Waals surface area contributed by atoms with E-state index in [1.807, 2.05) is 32.7 Å². The summed E-state index contributed by atoms with van der Waals surface area (Å²) in [6, 6.07) is -0.506. The van der Waals surface area contributed by atoms with Gasteiger partial charge in [-0.15, -0.1) is 0 Å². The van der Waals surface area contributed by atoms with Gasteiger partial charge in [0.05, 0.1) is 0 Å². The molecule has 1 aliphatic rings. The Hall–Kier alpha value is -1.30. The van der Waals surface area contributed by atoms with Crippen LogP contribution in [0.5, 0.6) is 0 Å². The number of nitrogens with zero attached hydrogens (tertiary/aromatic N) is 3. The predicted octanol–water partition coefficient (Wildman–Crippen LogP) is 1.02. The summed E-state index contributed by atoms with van der Waals surface area (Å²) in [5.74, 6) is -0.0218. The van der Waals surface area contributed by atoms with Crippen LogP contribution in [-0.2, 0) is 9.53 Å². The summed E-state index contributed by atoms with van der Waals surface area (Å²) in [6.07, 6.45) is -0.465. The van der Waals surface area contributed by atoms with Crippen LogP contribution in [0.3, 0.4) is 0 Å². The van der Waals surface area contributed by atoms with Crippen LogP contribution in [0, 0.1) is 0 Å². The van der Waals surface area contributed by atoms with Crippen LogP contribution in [0.4, 0.5) is 4.79 Å². The summed E-state index contributed by atoms with van der Waals surface area (Å²) < 4.78 is 5.28. The molecule has 1 fully saturated rings. The summed E-state index contributed by atoms with van der Waals surface area (Å²) in [5, 5.41) is 0. The van der Waals surface area contributed by atoms with Crippen molar-refractivity contribution in [3.8, 4) is 0 Å². The van der Waals surface area contributed by atoms with Gasteiger partial charge >= 0.3 is 6.09 Å². The van der Waals surface area contributed by atoms with Gasteiger partial charge in [-0.1, -0.05) is 0 Å². The Bertz CT molecular complexity index is 357. The monoisotopic (exact) mass is 285 g/mol. The van der Waals surface area contributed by atoms with Gasteiger partial charge in [-0.05, 0) is 34.7 Å². The number of rotatable bonds is 2. The molecule has 116 valence electrons. The molecule has 0 aliphatic carbocycles. The van der Waals surface area contributed by atoms with Gasteiger partial charge in [-0.25, -0.2) is 4.79 Å². The molecule has 0 aromatic carbocycles. The van der Waals surface area contributed by atoms with Crippen LogP contribution >= 0.6 is 0 Å². The molecule has 0 N–H and O–H groups in total. The molecule has 2 amide bonds. The molecule has 0 radical (unpaired) electrons. The second-order valence-corrected chi connectivity index (χ2v) is 6.40. The van der Waals surface area contributed by atoms with Crippen LogP contribution in [0.25, 0.3) is 0 Å². The highest BCUT2D eigenvalue weighted by molar-refractivity contribution is 5.85. The van der Waals surface area contributed by atoms with Crippen LogP contribution in [0.1, 0.15) is 27.7 Å². The Morgan fingerprint density at radius 3 is 2.10 bits per heavy atom. The molecule has 20 heavy (non-hydrogen) atoms. The summed E-state index contributed by atoms with van der Waals surface area (Å²) in [7, 11) is 3.64. The minimum absolute atomic E-state index is 0.0218. The normalized spacial score (nSPS) is 18.6. The number of hydrogen-bond donors (Lipinski definition) is 0. The number of ether oxygens (including phenoxy) is 1. The van der Waals surface area contributed by atoms with E-state index in [0.717, 1.165) is 13.1 Å². The third kappa shape index (κ3) is 4.67. The minimum Gasteiger partial charge on any atom is -0.444 e. The first-order valence-electron chi connectivity index (χ1n) is 7.05. The zero-order valence-corrected chi connectivity index (χ0v) is 13.5. The van der Waals surface area contributed by atoms with Crippen molar-refractivity contribution < 1.29 is 14.3 Å². The minimum atomic E-state index is -0.554. The summed E-state index contributed by atoms with van der Waals surface area (Å²) in [4.78, 5) is 29.7. The molecule has 1 aliphatic heterocycles. The Morgan fingerprint density at radius 1 is 1.15 bits per heavy atom. The zero-order valence-electron chi connectivity index (χ0n) is 13.5. The summed E-state index contributed by atoms with van der Waals surface area (Å²) >= 11 is 0. The van der Waals surface area contributed by atoms with E-state index < -0.39 is 17.7 Å². The summed E-state index contributed by atoms with van der Waals surface area (Å²) in [5.41, 5.74) is -0.554. The molecule has 0 saturated carbocycles. The lowest BCUT2D eigenvalue weighted by atomic mass is 10.2. The van der Waals surface area contributed by atoms with Crippen LogP contribution in [0.15, 0.2) is 0 Å². The second-order valence-electron chi connectivity index (χ2n) is 6.40. The standard InChI is InChI=1S/C14H27N3O3/c1-11(16(6)13(19)20-14(2,3)4)12(18)17-9-7-15(5)8-10-17/h11H,7-10H2,1-6H3/t11-/m0/s1. The zero-order chi connectivity index (χ0) is 15.5. The predicted molar refractivity (Wildman–Crippen MR) is 77.5 cm³/mol. The SMILES string of the molecule is C[C@@H](C(=O)N1CCN(C)CC1)N(C)C(=O)OC(C)(C)C. The maximum atomic E-state index is 12.4. The van der Waals surface area contributed by atoms with Gasteiger partial charge in [0.1, 0.15) is 11.6 Å². The first-order chi connectivity index (χ1) is 9.11. The van der Waals surface area contributed by atoms with Crippen molar-refractivity contribution in [1.82, 2.24) is 14.7 Å². The molecule has 1 atom stereocenters. The first-order valence-corrected chi connectivity index (χ1v) is 7.05. The molecule has 0 unspecified atom stereocenters. The lowest BCUT2D eigenvalue weighted by Crippen LogP contribution is -2.54. The van der Waals surface area contributed by atoms with Gasteiger partial charge in [0, 0.05) is 33.2 Å². The Kier molecular flexibility index (Phi) is 5.39. The Balaban J connectivity index is 2.57. The molecule has 0 aromatic heterocycles. The van der Waals surface area contributed by atoms with Crippen molar-refractivity contribution in [1.29, 1.82) is 0 Å². The van der Waals surface area contributed by atoms with Crippen molar-refractivity contribution >= 4 is 12.0 Å². The van der Waals surface area contributed by atoms with Gasteiger partial charge in [0.15, 0.2) is 0 Å². The van der Waals surface area contributed by atoms with Crippen molar-refractivity contribution in [3.05, 3.63) is 0 Å². The smallest absolute Gasteiger partial charge is 0.410 e. The largest absolute Gasteiger partial charge is 0.444 e. The van der Waals surface area contributed by atoms with Crippen molar-refractivity contribution in [2.45, 2.75) is 39.3 Å². The number of piperazine rings is 1. The number of likely N-dealkylation sites (N-methyl/N-ethyl adjacent to an activating group) is 2. The van der Waals surface area contributed by atoms with Crippen LogP contribution < -0.4 is 0 Å². The highest BCUT2D eigenvalue weighted by atomic mass is 16.6. The average Bonchev–Trinajstić information content (AvgIpc) is 2.35. The van der Waals surface area contributed by atoms with Gasteiger partial charge < -0.3 is 14.5 Å². The maximum Gasteiger partial charge on any atom is 0.410 e. The van der Waals surface area contributed by atoms with E-state index in [4.69, 9.17) is 4.74 Å². The fourth-order valence-corrected chi connectivity index (χ4v) is 1.95. The lowest BCUT2D eigenvalue weighted by molar-refractivity contribution is -0.137. The number of carbonyl (C=O) groups excluding carboxylic acids is 2. The Morgan fingerprint density at radius 2 is 1.65 bits per heavy atom. The van der Waals surface area contributed by atoms with E-state index >= 15 is 0 Å². The fourth-order valence-electron chi connectivity index (χ4n) is 1.95. The molecule has 6 nitrogen and oxygen atoms in total. The van der Waals surface area contributed by atoms with Crippen molar-refractivity contribution in [2.24, 2.45) is 0 Å². The van der Waals surface area contributed by atoms with Gasteiger partial charge in [0.2, 0.25) is 5.91 Å². The maximum absolute atomic E-state index is 12.4. The molecule has 0 spiro atoms. The highest BCUT2D eigenvalue weighted by Crippen LogP contribution is 2.12. The van der Waals surface area contributed by atoms with E-state index in [-0.39, 0.29) is 5.91 Å². The second kappa shape index (κ2) is 6.43. The number of amides is 2. The van der Waals surface area contributed by atoms with E-state index in [0.29, 0.717) is 13.1 Å². The third-order valence-corrected chi connectivity index (χ3v) is 3.43. The molecule has 1 heterocycles. The molecule has 6 heteroatoms. The third-order valence-electron chi connectivity index (χ3n) is 3.43. The highest BCUT2D eigenvalue weighted by Gasteiger charge is 2.30. The topological polar surface area (TPSA) is 53.1 Å². The van der Waals surface area contributed by atoms with Gasteiger partial charge in [-0.3, -0.25) is 9.69 Å². The van der Waals surface area contributed by atoms with E-state index in [1.54, 1.807) is 14.0 Å². The average molecular weight is 285 g/mol. The molecule has 1 rings (SSSR count). The molecular weight excluding hydrogens is 258 g/mol. The van der Waals surface area contributed by atoms with Crippen molar-refractivity contribution in [2.75, 3.05) is 40.3 Å². The van der Waals surface area contributed by atoms with Crippen molar-refractivity contribution in [3.63, 3.8) is 0 Å². The van der Waals surface area contributed by atoms with Crippen LogP contribution in [0.2, 0.25) is 0 Å². The fraction of sp³-hybridized carbons (Fsp3) is 0.857. The van der Waals surface area contributed by atoms with E-state index in [9.17, 15) is 9.59 Å². The molecule has 1 saturated heterocycles. The lowest BCUT2D eigenvalue weighted by Gasteiger charge is -2.36. The van der Waals surface area contributed by atoms with Gasteiger partial charge in [-0.2, -0.15) is 0 Å². The first kappa shape index (κ1) is 16.8. The Labute approximate surface area is 121 Å². The van der Waals surface area contributed by atoms with E-state index in [1.165, 1.54) is 4.90 Å². The molecule has 0 bridgehead atoms. The van der Waals surface area contributed by atoms with Gasteiger partial charge in [0.25, 0.3) is 0 Å². The number of hydrogen-bond acceptors (Lipinski definition) is 4. The quantitative estimate of drug-likeness (QED) is 0.760. The number of carbonyl (C=O) groups is 2. The van der Waals surface area contributed by atoms with E-state index in [2.05, 4.69) is 4.90 Å². The molecular formula is C14H27N3O3.